The van der Waals surface area contributed by atoms with Gasteiger partial charge in [-0.1, -0.05) is 37.2 Å². The smallest absolute Gasteiger partial charge is 0.262 e. The molecule has 3 aromatic rings. The van der Waals surface area contributed by atoms with Crippen molar-refractivity contribution in [3.05, 3.63) is 39.4 Å². The van der Waals surface area contributed by atoms with Crippen molar-refractivity contribution < 1.29 is 0 Å². The Balaban J connectivity index is 1.98. The maximum Gasteiger partial charge on any atom is 0.262 e. The van der Waals surface area contributed by atoms with Gasteiger partial charge in [0, 0.05) is 25.7 Å². The van der Waals surface area contributed by atoms with E-state index in [0.717, 1.165) is 6.42 Å². The van der Waals surface area contributed by atoms with Crippen molar-refractivity contribution in [3.63, 3.8) is 0 Å². The molecule has 2 aromatic heterocycles. The predicted octanol–water partition coefficient (Wildman–Crippen LogP) is 3.22. The van der Waals surface area contributed by atoms with Crippen LogP contribution in [0.3, 0.4) is 0 Å². The number of halogens is 1. The fraction of sp³-hybridized carbons (Fsp3) is 0.421. The average Bonchev–Trinajstić information content (AvgIpc) is 2.64. The molecular weight excluding hydrogens is 410 g/mol. The van der Waals surface area contributed by atoms with Crippen LogP contribution in [0.2, 0.25) is 5.02 Å². The molecule has 1 aromatic carbocycles. The summed E-state index contributed by atoms with van der Waals surface area (Å²) in [6.45, 7) is 4.84. The highest BCUT2D eigenvalue weighted by Crippen LogP contribution is 2.24. The molecule has 154 valence electrons. The number of rotatable bonds is 7. The van der Waals surface area contributed by atoms with Gasteiger partial charge in [-0.2, -0.15) is 15.0 Å². The Labute approximate surface area is 178 Å². The van der Waals surface area contributed by atoms with E-state index in [1.807, 2.05) is 14.1 Å². The third-order valence-electron chi connectivity index (χ3n) is 4.23. The largest absolute Gasteiger partial charge is 0.368 e. The molecular formula is C19H24ClN7OS. The molecule has 0 unspecified atom stereocenters. The van der Waals surface area contributed by atoms with Crippen LogP contribution in [0.4, 0.5) is 11.9 Å². The lowest BCUT2D eigenvalue weighted by Crippen LogP contribution is -2.24. The summed E-state index contributed by atoms with van der Waals surface area (Å²) >= 11 is 7.50. The molecule has 0 amide bonds. The zero-order valence-electron chi connectivity index (χ0n) is 16.9. The highest BCUT2D eigenvalue weighted by atomic mass is 35.5. The number of hydrogen-bond acceptors (Lipinski definition) is 8. The molecule has 0 spiro atoms. The number of thioether (sulfide) groups is 1. The second-order valence-electron chi connectivity index (χ2n) is 7.29. The summed E-state index contributed by atoms with van der Waals surface area (Å²) in [4.78, 5) is 32.3. The number of nitrogens with two attached hydrogens (primary N) is 1. The first kappa shape index (κ1) is 21.3. The van der Waals surface area contributed by atoms with E-state index in [1.165, 1.54) is 11.8 Å². The molecule has 10 heteroatoms. The minimum Gasteiger partial charge on any atom is -0.368 e. The topological polar surface area (TPSA) is 103 Å². The number of fused-ring (bicyclic) bond motifs is 1. The lowest BCUT2D eigenvalue weighted by molar-refractivity contribution is 0.481. The molecule has 0 saturated carbocycles. The summed E-state index contributed by atoms with van der Waals surface area (Å²) in [6, 6.07) is 5.15. The predicted molar refractivity (Wildman–Crippen MR) is 119 cm³/mol. The first-order valence-electron chi connectivity index (χ1n) is 9.25. The second-order valence-corrected chi connectivity index (χ2v) is 8.67. The normalized spacial score (nSPS) is 11.4. The molecule has 0 radical (unpaired) electrons. The standard InChI is InChI=1S/C19H24ClN7OS/c1-11(2)7-8-27-16(28)13-6-5-12(20)9-14(13)22-19(27)29-10-15-23-17(21)25-18(24-15)26(3)4/h5-6,9,11H,7-8,10H2,1-4H3,(H2,21,23,24,25). The second kappa shape index (κ2) is 8.96. The summed E-state index contributed by atoms with van der Waals surface area (Å²) in [5.74, 6) is 2.06. The lowest BCUT2D eigenvalue weighted by atomic mass is 10.1. The van der Waals surface area contributed by atoms with Crippen molar-refractivity contribution in [1.29, 1.82) is 0 Å². The first-order valence-corrected chi connectivity index (χ1v) is 10.6. The Kier molecular flexibility index (Phi) is 6.59. The minimum atomic E-state index is -0.0704. The van der Waals surface area contributed by atoms with Crippen LogP contribution in [0.5, 0.6) is 0 Å². The van der Waals surface area contributed by atoms with Crippen LogP contribution in [0.25, 0.3) is 10.9 Å². The van der Waals surface area contributed by atoms with Gasteiger partial charge in [-0.15, -0.1) is 0 Å². The number of nitrogen functional groups attached to an aromatic ring is 1. The van der Waals surface area contributed by atoms with Crippen molar-refractivity contribution in [3.8, 4) is 0 Å². The van der Waals surface area contributed by atoms with Crippen LogP contribution in [0.15, 0.2) is 28.2 Å². The highest BCUT2D eigenvalue weighted by Gasteiger charge is 2.14. The van der Waals surface area contributed by atoms with Gasteiger partial charge >= 0.3 is 0 Å². The molecule has 8 nitrogen and oxygen atoms in total. The summed E-state index contributed by atoms with van der Waals surface area (Å²) in [5, 5.41) is 1.71. The van der Waals surface area contributed by atoms with E-state index >= 15 is 0 Å². The van der Waals surface area contributed by atoms with Crippen LogP contribution in [-0.2, 0) is 12.3 Å². The molecule has 0 bridgehead atoms. The molecule has 3 rings (SSSR count). The van der Waals surface area contributed by atoms with Crippen molar-refractivity contribution >= 4 is 46.2 Å². The van der Waals surface area contributed by atoms with Gasteiger partial charge in [0.05, 0.1) is 16.7 Å². The number of benzene rings is 1. The van der Waals surface area contributed by atoms with Crippen molar-refractivity contribution in [2.45, 2.75) is 37.7 Å². The molecule has 2 N–H and O–H groups in total. The van der Waals surface area contributed by atoms with Gasteiger partial charge < -0.3 is 10.6 Å². The molecule has 0 aliphatic heterocycles. The third kappa shape index (κ3) is 5.16. The first-order chi connectivity index (χ1) is 13.7. The van der Waals surface area contributed by atoms with Crippen LogP contribution in [0, 0.1) is 5.92 Å². The van der Waals surface area contributed by atoms with Crippen LogP contribution in [0.1, 0.15) is 26.1 Å². The summed E-state index contributed by atoms with van der Waals surface area (Å²) in [6.07, 6.45) is 0.873. The zero-order chi connectivity index (χ0) is 21.1. The van der Waals surface area contributed by atoms with Gasteiger partial charge in [-0.05, 0) is 30.5 Å². The number of nitrogens with zero attached hydrogens (tertiary/aromatic N) is 6. The van der Waals surface area contributed by atoms with Crippen LogP contribution < -0.4 is 16.2 Å². The molecule has 29 heavy (non-hydrogen) atoms. The van der Waals surface area contributed by atoms with E-state index in [-0.39, 0.29) is 11.5 Å². The quantitative estimate of drug-likeness (QED) is 0.447. The van der Waals surface area contributed by atoms with E-state index in [1.54, 1.807) is 27.7 Å². The van der Waals surface area contributed by atoms with Crippen LogP contribution in [-0.4, -0.2) is 38.6 Å². The number of aromatic nitrogens is 5. The van der Waals surface area contributed by atoms with Gasteiger partial charge in [0.2, 0.25) is 11.9 Å². The maximum atomic E-state index is 13.1. The number of anilines is 2. The van der Waals surface area contributed by atoms with Gasteiger partial charge in [-0.25, -0.2) is 4.98 Å². The molecule has 0 saturated heterocycles. The Morgan fingerprint density at radius 2 is 1.97 bits per heavy atom. The molecule has 0 atom stereocenters. The van der Waals surface area contributed by atoms with E-state index in [0.29, 0.717) is 51.1 Å². The molecule has 2 heterocycles. The fourth-order valence-corrected chi connectivity index (χ4v) is 3.73. The maximum absolute atomic E-state index is 13.1. The van der Waals surface area contributed by atoms with E-state index < -0.39 is 0 Å². The molecule has 0 aliphatic carbocycles. The Hall–Kier alpha value is -2.39. The fourth-order valence-electron chi connectivity index (χ4n) is 2.69. The van der Waals surface area contributed by atoms with Crippen molar-refractivity contribution in [2.24, 2.45) is 5.92 Å². The monoisotopic (exact) mass is 433 g/mol. The summed E-state index contributed by atoms with van der Waals surface area (Å²) < 4.78 is 1.72. The number of hydrogen-bond donors (Lipinski definition) is 1. The Bertz CT molecular complexity index is 1080. The molecule has 0 aliphatic rings. The van der Waals surface area contributed by atoms with E-state index in [4.69, 9.17) is 22.3 Å². The molecule has 0 fully saturated rings. The lowest BCUT2D eigenvalue weighted by Gasteiger charge is -2.15. The Morgan fingerprint density at radius 1 is 1.21 bits per heavy atom. The van der Waals surface area contributed by atoms with Crippen molar-refractivity contribution in [2.75, 3.05) is 24.7 Å². The third-order valence-corrected chi connectivity index (χ3v) is 5.44. The van der Waals surface area contributed by atoms with Gasteiger partial charge in [0.15, 0.2) is 5.16 Å². The zero-order valence-corrected chi connectivity index (χ0v) is 18.5. The van der Waals surface area contributed by atoms with Gasteiger partial charge in [0.25, 0.3) is 5.56 Å². The van der Waals surface area contributed by atoms with Crippen molar-refractivity contribution in [1.82, 2.24) is 24.5 Å². The van der Waals surface area contributed by atoms with E-state index in [9.17, 15) is 4.79 Å². The van der Waals surface area contributed by atoms with Crippen LogP contribution >= 0.6 is 23.4 Å². The van der Waals surface area contributed by atoms with Gasteiger partial charge in [-0.3, -0.25) is 9.36 Å². The minimum absolute atomic E-state index is 0.0704. The van der Waals surface area contributed by atoms with Gasteiger partial charge in [0.1, 0.15) is 5.82 Å². The SMILES string of the molecule is CC(C)CCn1c(SCc2nc(N)nc(N(C)C)n2)nc2cc(Cl)ccc2c1=O. The summed E-state index contributed by atoms with van der Waals surface area (Å²) in [5.41, 5.74) is 6.32. The average molecular weight is 434 g/mol. The van der Waals surface area contributed by atoms with E-state index in [2.05, 4.69) is 28.8 Å². The highest BCUT2D eigenvalue weighted by molar-refractivity contribution is 7.98. The Morgan fingerprint density at radius 3 is 2.66 bits per heavy atom. The summed E-state index contributed by atoms with van der Waals surface area (Å²) in [7, 11) is 3.67.